The molecule has 12 nitrogen and oxygen atoms in total. The molecule has 3 amide bonds. The maximum Gasteiger partial charge on any atom is 0.325 e. The molecule has 0 fully saturated rings. The van der Waals surface area contributed by atoms with Gasteiger partial charge in [0.2, 0.25) is 17.7 Å². The van der Waals surface area contributed by atoms with Crippen molar-refractivity contribution in [2.45, 2.75) is 56.8 Å². The number of carbonyl (C=O) groups is 4. The Morgan fingerprint density at radius 2 is 1.58 bits per heavy atom. The molecule has 0 saturated carbocycles. The summed E-state index contributed by atoms with van der Waals surface area (Å²) in [5, 5.41) is 16.9. The molecule has 0 aliphatic rings. The topological polar surface area (TPSA) is 215 Å². The van der Waals surface area contributed by atoms with Crippen molar-refractivity contribution in [2.24, 2.45) is 22.2 Å². The van der Waals surface area contributed by atoms with E-state index in [2.05, 4.69) is 20.9 Å². The first-order chi connectivity index (χ1) is 17.0. The molecular weight excluding hydrogens is 486 g/mol. The van der Waals surface area contributed by atoms with Crippen LogP contribution in [0.3, 0.4) is 0 Å². The minimum atomic E-state index is -1.21. The average Bonchev–Trinajstić information content (AvgIpc) is 2.83. The summed E-state index contributed by atoms with van der Waals surface area (Å²) in [6.07, 6.45) is 3.01. The van der Waals surface area contributed by atoms with E-state index in [1.54, 1.807) is 36.0 Å². The van der Waals surface area contributed by atoms with Crippen LogP contribution in [0.5, 0.6) is 0 Å². The van der Waals surface area contributed by atoms with E-state index in [0.29, 0.717) is 18.6 Å². The van der Waals surface area contributed by atoms with E-state index in [1.807, 2.05) is 12.3 Å². The molecule has 36 heavy (non-hydrogen) atoms. The van der Waals surface area contributed by atoms with Crippen molar-refractivity contribution in [3.63, 3.8) is 0 Å². The lowest BCUT2D eigenvalue weighted by atomic mass is 10.0. The first-order valence-electron chi connectivity index (χ1n) is 11.5. The molecule has 0 aliphatic heterocycles. The molecule has 0 bridgehead atoms. The van der Waals surface area contributed by atoms with Gasteiger partial charge in [-0.15, -0.1) is 0 Å². The second-order valence-electron chi connectivity index (χ2n) is 8.22. The minimum Gasteiger partial charge on any atom is -0.480 e. The van der Waals surface area contributed by atoms with Gasteiger partial charge in [0.15, 0.2) is 5.96 Å². The number of hydrogen-bond donors (Lipinski definition) is 7. The van der Waals surface area contributed by atoms with Crippen molar-refractivity contribution in [3.05, 3.63) is 35.9 Å². The van der Waals surface area contributed by atoms with E-state index in [-0.39, 0.29) is 25.3 Å². The fourth-order valence-corrected chi connectivity index (χ4v) is 3.62. The van der Waals surface area contributed by atoms with Crippen LogP contribution in [0.1, 0.15) is 31.7 Å². The summed E-state index contributed by atoms with van der Waals surface area (Å²) in [5.41, 5.74) is 17.4. The zero-order valence-electron chi connectivity index (χ0n) is 20.6. The third-order valence-corrected chi connectivity index (χ3v) is 5.84. The van der Waals surface area contributed by atoms with E-state index in [0.717, 1.165) is 5.56 Å². The highest BCUT2D eigenvalue weighted by Gasteiger charge is 2.29. The van der Waals surface area contributed by atoms with Crippen molar-refractivity contribution in [2.75, 3.05) is 18.6 Å². The van der Waals surface area contributed by atoms with Gasteiger partial charge in [0.25, 0.3) is 0 Å². The number of aliphatic carboxylic acids is 1. The van der Waals surface area contributed by atoms with E-state index < -0.39 is 47.9 Å². The van der Waals surface area contributed by atoms with Crippen LogP contribution in [-0.2, 0) is 25.6 Å². The average molecular weight is 524 g/mol. The normalized spacial score (nSPS) is 14.0. The van der Waals surface area contributed by atoms with Crippen LogP contribution in [0.25, 0.3) is 0 Å². The van der Waals surface area contributed by atoms with Gasteiger partial charge in [-0.1, -0.05) is 30.3 Å². The van der Waals surface area contributed by atoms with Crippen molar-refractivity contribution < 1.29 is 24.3 Å². The first kappa shape index (κ1) is 30.7. The van der Waals surface area contributed by atoms with Crippen LogP contribution in [0.15, 0.2) is 35.3 Å². The van der Waals surface area contributed by atoms with E-state index in [4.69, 9.17) is 22.3 Å². The maximum atomic E-state index is 13.2. The van der Waals surface area contributed by atoms with Crippen LogP contribution in [0.4, 0.5) is 0 Å². The fraction of sp³-hybridized carbons (Fsp3) is 0.522. The monoisotopic (exact) mass is 523 g/mol. The van der Waals surface area contributed by atoms with Gasteiger partial charge in [-0.3, -0.25) is 24.2 Å². The first-order valence-corrected chi connectivity index (χ1v) is 12.9. The van der Waals surface area contributed by atoms with Crippen molar-refractivity contribution in [1.29, 1.82) is 0 Å². The van der Waals surface area contributed by atoms with Crippen LogP contribution >= 0.6 is 11.8 Å². The molecule has 13 heteroatoms. The molecule has 0 aliphatic carbocycles. The molecule has 10 N–H and O–H groups in total. The Kier molecular flexibility index (Phi) is 14.0. The summed E-state index contributed by atoms with van der Waals surface area (Å²) in [7, 11) is 0. The number of benzene rings is 1. The number of carboxylic acid groups (broad SMARTS) is 1. The third-order valence-electron chi connectivity index (χ3n) is 5.19. The van der Waals surface area contributed by atoms with Crippen LogP contribution in [-0.4, -0.2) is 77.5 Å². The molecule has 1 rings (SSSR count). The van der Waals surface area contributed by atoms with Gasteiger partial charge in [0.1, 0.15) is 18.1 Å². The largest absolute Gasteiger partial charge is 0.480 e. The van der Waals surface area contributed by atoms with Crippen molar-refractivity contribution in [3.8, 4) is 0 Å². The number of carboxylic acids is 1. The molecule has 0 saturated heterocycles. The van der Waals surface area contributed by atoms with Gasteiger partial charge in [0.05, 0.1) is 6.04 Å². The van der Waals surface area contributed by atoms with Gasteiger partial charge in [-0.05, 0) is 43.8 Å². The quantitative estimate of drug-likeness (QED) is 0.0795. The number of aliphatic imine (C=N–C) groups is 1. The predicted octanol–water partition coefficient (Wildman–Crippen LogP) is -1.08. The van der Waals surface area contributed by atoms with Crippen molar-refractivity contribution in [1.82, 2.24) is 16.0 Å². The highest BCUT2D eigenvalue weighted by Crippen LogP contribution is 2.07. The Labute approximate surface area is 215 Å². The molecule has 1 aromatic carbocycles. The van der Waals surface area contributed by atoms with Gasteiger partial charge in [-0.2, -0.15) is 11.8 Å². The summed E-state index contributed by atoms with van der Waals surface area (Å²) < 4.78 is 0. The van der Waals surface area contributed by atoms with Gasteiger partial charge >= 0.3 is 5.97 Å². The lowest BCUT2D eigenvalue weighted by Gasteiger charge is -2.25. The molecular formula is C23H37N7O5S. The Hall–Kier alpha value is -3.32. The van der Waals surface area contributed by atoms with Gasteiger partial charge in [0, 0.05) is 13.0 Å². The number of carbonyl (C=O) groups excluding carboxylic acids is 3. The summed E-state index contributed by atoms with van der Waals surface area (Å²) in [6.45, 7) is 1.56. The second-order valence-corrected chi connectivity index (χ2v) is 9.20. The van der Waals surface area contributed by atoms with Crippen molar-refractivity contribution >= 4 is 41.4 Å². The molecule has 0 radical (unpaired) electrons. The molecule has 200 valence electrons. The van der Waals surface area contributed by atoms with E-state index in [9.17, 15) is 19.2 Å². The number of nitrogens with two attached hydrogens (primary N) is 3. The second kappa shape index (κ2) is 16.4. The van der Waals surface area contributed by atoms with Crippen LogP contribution in [0.2, 0.25) is 0 Å². The number of amides is 3. The lowest BCUT2D eigenvalue weighted by molar-refractivity contribution is -0.141. The lowest BCUT2D eigenvalue weighted by Crippen LogP contribution is -2.57. The Morgan fingerprint density at radius 1 is 0.972 bits per heavy atom. The standard InChI is InChI=1S/C23H37N7O5S/c1-14(22(34)35)28-21(33)18(13-15-7-4-3-5-8-15)30-20(32)17(9-6-11-27-23(25)26)29-19(31)16(24)10-12-36-2/h3-5,7-8,14,16-18H,6,9-13,24H2,1-2H3,(H,28,33)(H,29,31)(H,30,32)(H,34,35)(H4,25,26,27)/t14-,16-,17+,18+/m0/s1. The number of hydrogen-bond acceptors (Lipinski definition) is 7. The highest BCUT2D eigenvalue weighted by atomic mass is 32.2. The Balaban J connectivity index is 3.05. The molecule has 0 unspecified atom stereocenters. The van der Waals surface area contributed by atoms with Gasteiger partial charge in [-0.25, -0.2) is 0 Å². The SMILES string of the molecule is CSCC[C@H](N)C(=O)N[C@H](CCCN=C(N)N)C(=O)N[C@H](Cc1ccccc1)C(=O)N[C@@H](C)C(=O)O. The van der Waals surface area contributed by atoms with E-state index in [1.165, 1.54) is 6.92 Å². The Morgan fingerprint density at radius 3 is 2.17 bits per heavy atom. The van der Waals surface area contributed by atoms with Crippen LogP contribution in [0, 0.1) is 0 Å². The summed E-state index contributed by atoms with van der Waals surface area (Å²) >= 11 is 1.55. The van der Waals surface area contributed by atoms with E-state index >= 15 is 0 Å². The number of thioether (sulfide) groups is 1. The molecule has 0 spiro atoms. The fourth-order valence-electron chi connectivity index (χ4n) is 3.13. The maximum absolute atomic E-state index is 13.2. The summed E-state index contributed by atoms with van der Waals surface area (Å²) in [5.74, 6) is -2.39. The number of nitrogens with zero attached hydrogens (tertiary/aromatic N) is 1. The summed E-state index contributed by atoms with van der Waals surface area (Å²) in [4.78, 5) is 53.8. The zero-order chi connectivity index (χ0) is 27.1. The molecule has 1 aromatic rings. The predicted molar refractivity (Wildman–Crippen MR) is 140 cm³/mol. The highest BCUT2D eigenvalue weighted by molar-refractivity contribution is 7.98. The molecule has 0 heterocycles. The number of guanidine groups is 1. The smallest absolute Gasteiger partial charge is 0.325 e. The molecule has 4 atom stereocenters. The number of nitrogens with one attached hydrogen (secondary N) is 3. The molecule has 0 aromatic heterocycles. The minimum absolute atomic E-state index is 0.0914. The Bertz CT molecular complexity index is 896. The number of rotatable bonds is 16. The zero-order valence-corrected chi connectivity index (χ0v) is 21.4. The summed E-state index contributed by atoms with van der Waals surface area (Å²) in [6, 6.07) is 4.91. The third kappa shape index (κ3) is 11.9. The van der Waals surface area contributed by atoms with Gasteiger partial charge < -0.3 is 38.3 Å². The van der Waals surface area contributed by atoms with Crippen LogP contribution < -0.4 is 33.2 Å².